The van der Waals surface area contributed by atoms with Gasteiger partial charge in [-0.3, -0.25) is 0 Å². The van der Waals surface area contributed by atoms with Crippen LogP contribution in [0.2, 0.25) is 0 Å². The van der Waals surface area contributed by atoms with Crippen molar-refractivity contribution in [3.05, 3.63) is 35.4 Å². The maximum Gasteiger partial charge on any atom is 0.0369 e. The van der Waals surface area contributed by atoms with E-state index in [1.807, 2.05) is 0 Å². The summed E-state index contributed by atoms with van der Waals surface area (Å²) in [7, 11) is 0. The van der Waals surface area contributed by atoms with E-state index >= 15 is 0 Å². The van der Waals surface area contributed by atoms with Crippen LogP contribution in [0.25, 0.3) is 0 Å². The van der Waals surface area contributed by atoms with E-state index in [1.54, 1.807) is 0 Å². The summed E-state index contributed by atoms with van der Waals surface area (Å²) in [5, 5.41) is 3.61. The lowest BCUT2D eigenvalue weighted by Gasteiger charge is -2.32. The van der Waals surface area contributed by atoms with Gasteiger partial charge in [0.05, 0.1) is 0 Å². The smallest absolute Gasteiger partial charge is 0.0369 e. The number of hydrogen-bond donors (Lipinski definition) is 1. The van der Waals surface area contributed by atoms with Crippen molar-refractivity contribution in [2.75, 3.05) is 6.54 Å². The molecule has 0 heterocycles. The molecule has 1 unspecified atom stereocenters. The number of nitrogens with one attached hydrogen (secondary N) is 1. The molecule has 0 aliphatic carbocycles. The van der Waals surface area contributed by atoms with Crippen LogP contribution in [0.3, 0.4) is 0 Å². The Balaban J connectivity index is 2.97. The van der Waals surface area contributed by atoms with Crippen LogP contribution in [0.4, 0.5) is 0 Å². The first kappa shape index (κ1) is 14.2. The van der Waals surface area contributed by atoms with Gasteiger partial charge in [0.1, 0.15) is 0 Å². The largest absolute Gasteiger partial charge is 0.310 e. The van der Waals surface area contributed by atoms with Crippen molar-refractivity contribution >= 4 is 0 Å². The van der Waals surface area contributed by atoms with E-state index in [9.17, 15) is 0 Å². The summed E-state index contributed by atoms with van der Waals surface area (Å²) in [5.74, 6) is 0. The molecule has 1 N–H and O–H groups in total. The zero-order valence-corrected chi connectivity index (χ0v) is 12.0. The molecular formula is C16H27N. The lowest BCUT2D eigenvalue weighted by Crippen LogP contribution is -2.32. The average molecular weight is 233 g/mol. The molecule has 0 bridgehead atoms. The Morgan fingerprint density at radius 3 is 2.41 bits per heavy atom. The fraction of sp³-hybridized carbons (Fsp3) is 0.625. The van der Waals surface area contributed by atoms with Crippen LogP contribution in [0.1, 0.15) is 58.2 Å². The van der Waals surface area contributed by atoms with Crippen molar-refractivity contribution in [2.24, 2.45) is 5.41 Å². The van der Waals surface area contributed by atoms with Gasteiger partial charge in [0.2, 0.25) is 0 Å². The molecule has 0 spiro atoms. The van der Waals surface area contributed by atoms with Crippen LogP contribution in [0.15, 0.2) is 24.3 Å². The Labute approximate surface area is 107 Å². The van der Waals surface area contributed by atoms with Gasteiger partial charge in [0, 0.05) is 6.04 Å². The van der Waals surface area contributed by atoms with Gasteiger partial charge >= 0.3 is 0 Å². The van der Waals surface area contributed by atoms with Crippen LogP contribution in [0.5, 0.6) is 0 Å². The van der Waals surface area contributed by atoms with Crippen LogP contribution in [-0.4, -0.2) is 6.54 Å². The fourth-order valence-electron chi connectivity index (χ4n) is 2.35. The van der Waals surface area contributed by atoms with E-state index in [-0.39, 0.29) is 5.41 Å². The monoisotopic (exact) mass is 233 g/mol. The van der Waals surface area contributed by atoms with E-state index < -0.39 is 0 Å². The van der Waals surface area contributed by atoms with Gasteiger partial charge in [-0.15, -0.1) is 0 Å². The summed E-state index contributed by atoms with van der Waals surface area (Å²) < 4.78 is 0. The number of rotatable bonds is 5. The Morgan fingerprint density at radius 1 is 1.18 bits per heavy atom. The van der Waals surface area contributed by atoms with Crippen molar-refractivity contribution in [1.29, 1.82) is 0 Å². The number of aryl methyl sites for hydroxylation is 1. The second-order valence-corrected chi connectivity index (χ2v) is 5.85. The lowest BCUT2D eigenvalue weighted by atomic mass is 9.82. The molecule has 1 atom stereocenters. The Kier molecular flexibility index (Phi) is 5.20. The summed E-state index contributed by atoms with van der Waals surface area (Å²) >= 11 is 0. The van der Waals surface area contributed by atoms with Gasteiger partial charge in [-0.25, -0.2) is 0 Å². The quantitative estimate of drug-likeness (QED) is 0.798. The van der Waals surface area contributed by atoms with Gasteiger partial charge in [0.25, 0.3) is 0 Å². The van der Waals surface area contributed by atoms with Crippen LogP contribution < -0.4 is 5.32 Å². The van der Waals surface area contributed by atoms with Crippen LogP contribution in [0, 0.1) is 5.41 Å². The minimum Gasteiger partial charge on any atom is -0.310 e. The van der Waals surface area contributed by atoms with E-state index in [4.69, 9.17) is 0 Å². The van der Waals surface area contributed by atoms with Gasteiger partial charge in [-0.05, 0) is 29.5 Å². The maximum absolute atomic E-state index is 3.61. The lowest BCUT2D eigenvalue weighted by molar-refractivity contribution is 0.276. The summed E-state index contributed by atoms with van der Waals surface area (Å²) in [5.41, 5.74) is 3.13. The fourth-order valence-corrected chi connectivity index (χ4v) is 2.35. The predicted octanol–water partition coefficient (Wildman–Crippen LogP) is 4.34. The molecule has 1 heteroatoms. The summed E-state index contributed by atoms with van der Waals surface area (Å²) in [6.45, 7) is 12.3. The van der Waals surface area contributed by atoms with E-state index in [1.165, 1.54) is 24.0 Å². The zero-order chi connectivity index (χ0) is 12.9. The molecule has 1 aromatic rings. The molecule has 0 amide bonds. The molecule has 0 aromatic heterocycles. The summed E-state index contributed by atoms with van der Waals surface area (Å²) in [6, 6.07) is 9.47. The van der Waals surface area contributed by atoms with E-state index in [0.717, 1.165) is 6.54 Å². The summed E-state index contributed by atoms with van der Waals surface area (Å²) in [4.78, 5) is 0. The van der Waals surface area contributed by atoms with Crippen LogP contribution >= 0.6 is 0 Å². The van der Waals surface area contributed by atoms with Crippen molar-refractivity contribution in [3.63, 3.8) is 0 Å². The van der Waals surface area contributed by atoms with Crippen molar-refractivity contribution in [2.45, 2.75) is 53.5 Å². The SMILES string of the molecule is CCCc1cccc(C(NCC)C(C)(C)C)c1. The van der Waals surface area contributed by atoms with Crippen molar-refractivity contribution < 1.29 is 0 Å². The highest BCUT2D eigenvalue weighted by molar-refractivity contribution is 5.27. The molecule has 0 saturated carbocycles. The van der Waals surface area contributed by atoms with Gasteiger partial charge in [-0.1, -0.05) is 65.3 Å². The minimum atomic E-state index is 0.251. The summed E-state index contributed by atoms with van der Waals surface area (Å²) in [6.07, 6.45) is 2.39. The first-order chi connectivity index (χ1) is 7.99. The molecule has 0 saturated heterocycles. The second kappa shape index (κ2) is 6.20. The highest BCUT2D eigenvalue weighted by Crippen LogP contribution is 2.33. The Morgan fingerprint density at radius 2 is 1.88 bits per heavy atom. The zero-order valence-electron chi connectivity index (χ0n) is 12.0. The third-order valence-corrected chi connectivity index (χ3v) is 3.10. The van der Waals surface area contributed by atoms with Crippen LogP contribution in [-0.2, 0) is 6.42 Å². The highest BCUT2D eigenvalue weighted by Gasteiger charge is 2.25. The second-order valence-electron chi connectivity index (χ2n) is 5.85. The van der Waals surface area contributed by atoms with E-state index in [0.29, 0.717) is 6.04 Å². The van der Waals surface area contributed by atoms with Crippen molar-refractivity contribution in [3.8, 4) is 0 Å². The first-order valence-electron chi connectivity index (χ1n) is 6.81. The third kappa shape index (κ3) is 4.16. The molecule has 1 aromatic carbocycles. The number of hydrogen-bond acceptors (Lipinski definition) is 1. The Bertz CT molecular complexity index is 336. The van der Waals surface area contributed by atoms with Gasteiger partial charge in [0.15, 0.2) is 0 Å². The highest BCUT2D eigenvalue weighted by atomic mass is 14.9. The molecule has 17 heavy (non-hydrogen) atoms. The predicted molar refractivity (Wildman–Crippen MR) is 76.3 cm³/mol. The molecule has 1 rings (SSSR count). The molecule has 0 radical (unpaired) electrons. The Hall–Kier alpha value is -0.820. The molecule has 1 nitrogen and oxygen atoms in total. The standard InChI is InChI=1S/C16H27N/c1-6-9-13-10-8-11-14(12-13)15(17-7-2)16(3,4)5/h8,10-12,15,17H,6-7,9H2,1-5H3. The maximum atomic E-state index is 3.61. The van der Waals surface area contributed by atoms with Gasteiger partial charge < -0.3 is 5.32 Å². The topological polar surface area (TPSA) is 12.0 Å². The average Bonchev–Trinajstić information content (AvgIpc) is 2.25. The molecule has 0 fully saturated rings. The normalized spacial score (nSPS) is 13.7. The van der Waals surface area contributed by atoms with Gasteiger partial charge in [-0.2, -0.15) is 0 Å². The van der Waals surface area contributed by atoms with Crippen molar-refractivity contribution in [1.82, 2.24) is 5.32 Å². The molecule has 0 aliphatic rings. The number of benzene rings is 1. The molecule has 96 valence electrons. The molecular weight excluding hydrogens is 206 g/mol. The van der Waals surface area contributed by atoms with E-state index in [2.05, 4.69) is 64.2 Å². The minimum absolute atomic E-state index is 0.251. The third-order valence-electron chi connectivity index (χ3n) is 3.10. The molecule has 0 aliphatic heterocycles. The first-order valence-corrected chi connectivity index (χ1v) is 6.81.